The summed E-state index contributed by atoms with van der Waals surface area (Å²) in [5, 5.41) is 9.03. The van der Waals surface area contributed by atoms with Gasteiger partial charge in [-0.25, -0.2) is 9.38 Å². The van der Waals surface area contributed by atoms with Crippen molar-refractivity contribution in [3.63, 3.8) is 0 Å². The van der Waals surface area contributed by atoms with Crippen LogP contribution in [0.25, 0.3) is 0 Å². The normalized spacial score (nSPS) is 10.7. The highest BCUT2D eigenvalue weighted by atomic mass is 127. The van der Waals surface area contributed by atoms with Gasteiger partial charge in [-0.3, -0.25) is 4.79 Å². The van der Waals surface area contributed by atoms with Crippen LogP contribution in [0.5, 0.6) is 0 Å². The molecule has 0 saturated carbocycles. The van der Waals surface area contributed by atoms with E-state index in [4.69, 9.17) is 0 Å². The lowest BCUT2D eigenvalue weighted by atomic mass is 10.1. The molecule has 0 aliphatic heterocycles. The topological polar surface area (TPSA) is 65.5 Å². The summed E-state index contributed by atoms with van der Waals surface area (Å²) in [6.07, 6.45) is 0.539. The minimum atomic E-state index is -0.212. The van der Waals surface area contributed by atoms with Crippen molar-refractivity contribution in [1.29, 1.82) is 0 Å². The van der Waals surface area contributed by atoms with E-state index in [0.717, 1.165) is 5.56 Å². The molecule has 0 fully saturated rings. The zero-order valence-corrected chi connectivity index (χ0v) is 17.7. The fourth-order valence-corrected chi connectivity index (χ4v) is 2.36. The van der Waals surface area contributed by atoms with Gasteiger partial charge in [0.2, 0.25) is 5.91 Å². The standard InChI is InChI=1S/C20H25FN4O.HI/c1-2-22-20(23-13-12-17-10-6-7-11-18(17)21)25-15-19(26)24-14-16-8-4-3-5-9-16;/h3-11H,2,12-15H2,1H3,(H,24,26)(H2,22,23,25);1H. The summed E-state index contributed by atoms with van der Waals surface area (Å²) >= 11 is 0. The molecule has 0 saturated heterocycles. The van der Waals surface area contributed by atoms with E-state index in [0.29, 0.717) is 37.6 Å². The number of nitrogens with one attached hydrogen (secondary N) is 3. The number of guanidine groups is 1. The first-order valence-corrected chi connectivity index (χ1v) is 8.75. The summed E-state index contributed by atoms with van der Waals surface area (Å²) in [5.74, 6) is 0.176. The van der Waals surface area contributed by atoms with Crippen LogP contribution < -0.4 is 16.0 Å². The maximum atomic E-state index is 13.6. The SMILES string of the molecule is CCNC(=NCC(=O)NCc1ccccc1)NCCc1ccccc1F.I. The highest BCUT2D eigenvalue weighted by Crippen LogP contribution is 2.06. The fraction of sp³-hybridized carbons (Fsp3) is 0.300. The van der Waals surface area contributed by atoms with Crippen molar-refractivity contribution in [2.45, 2.75) is 19.9 Å². The van der Waals surface area contributed by atoms with E-state index >= 15 is 0 Å². The van der Waals surface area contributed by atoms with Crippen molar-refractivity contribution < 1.29 is 9.18 Å². The van der Waals surface area contributed by atoms with Crippen LogP contribution in [-0.2, 0) is 17.8 Å². The summed E-state index contributed by atoms with van der Waals surface area (Å²) in [4.78, 5) is 16.2. The molecule has 2 rings (SSSR count). The average molecular weight is 484 g/mol. The van der Waals surface area contributed by atoms with Gasteiger partial charge in [-0.15, -0.1) is 24.0 Å². The minimum absolute atomic E-state index is 0. The first kappa shape index (κ1) is 22.9. The monoisotopic (exact) mass is 484 g/mol. The van der Waals surface area contributed by atoms with Crippen LogP contribution in [0.15, 0.2) is 59.6 Å². The van der Waals surface area contributed by atoms with Crippen molar-refractivity contribution >= 4 is 35.8 Å². The van der Waals surface area contributed by atoms with Crippen molar-refractivity contribution in [2.75, 3.05) is 19.6 Å². The quantitative estimate of drug-likeness (QED) is 0.307. The number of rotatable bonds is 8. The third-order valence-electron chi connectivity index (χ3n) is 3.70. The van der Waals surface area contributed by atoms with Gasteiger partial charge in [0.25, 0.3) is 0 Å². The molecule has 0 atom stereocenters. The van der Waals surface area contributed by atoms with E-state index in [9.17, 15) is 9.18 Å². The maximum absolute atomic E-state index is 13.6. The summed E-state index contributed by atoms with van der Waals surface area (Å²) in [6, 6.07) is 16.4. The largest absolute Gasteiger partial charge is 0.357 e. The van der Waals surface area contributed by atoms with Gasteiger partial charge in [0.05, 0.1) is 0 Å². The Bertz CT molecular complexity index is 725. The minimum Gasteiger partial charge on any atom is -0.357 e. The van der Waals surface area contributed by atoms with Gasteiger partial charge < -0.3 is 16.0 Å². The molecule has 2 aromatic rings. The van der Waals surface area contributed by atoms with Crippen LogP contribution in [-0.4, -0.2) is 31.5 Å². The van der Waals surface area contributed by atoms with E-state index in [1.165, 1.54) is 6.07 Å². The Hall–Kier alpha value is -2.16. The Morgan fingerprint density at radius 2 is 1.70 bits per heavy atom. The second-order valence-electron chi connectivity index (χ2n) is 5.73. The number of amides is 1. The fourth-order valence-electron chi connectivity index (χ4n) is 2.36. The third kappa shape index (κ3) is 8.85. The lowest BCUT2D eigenvalue weighted by Crippen LogP contribution is -2.39. The molecule has 27 heavy (non-hydrogen) atoms. The van der Waals surface area contributed by atoms with Gasteiger partial charge in [-0.1, -0.05) is 48.5 Å². The lowest BCUT2D eigenvalue weighted by Gasteiger charge is -2.11. The predicted octanol–water partition coefficient (Wildman–Crippen LogP) is 2.86. The van der Waals surface area contributed by atoms with Gasteiger partial charge in [-0.05, 0) is 30.5 Å². The van der Waals surface area contributed by atoms with E-state index in [1.807, 2.05) is 43.3 Å². The van der Waals surface area contributed by atoms with E-state index < -0.39 is 0 Å². The van der Waals surface area contributed by atoms with Crippen LogP contribution in [0.3, 0.4) is 0 Å². The molecule has 0 bridgehead atoms. The molecule has 146 valence electrons. The number of aliphatic imine (C=N–C) groups is 1. The number of benzene rings is 2. The van der Waals surface area contributed by atoms with Crippen molar-refractivity contribution in [3.05, 3.63) is 71.5 Å². The number of carbonyl (C=O) groups excluding carboxylic acids is 1. The molecular formula is C20H26FIN4O. The number of halogens is 2. The number of nitrogens with zero attached hydrogens (tertiary/aromatic N) is 1. The smallest absolute Gasteiger partial charge is 0.242 e. The Kier molecular flexibility index (Phi) is 11.1. The van der Waals surface area contributed by atoms with Crippen LogP contribution in [0.1, 0.15) is 18.1 Å². The molecular weight excluding hydrogens is 458 g/mol. The predicted molar refractivity (Wildman–Crippen MR) is 118 cm³/mol. The van der Waals surface area contributed by atoms with E-state index in [1.54, 1.807) is 12.1 Å². The summed E-state index contributed by atoms with van der Waals surface area (Å²) in [6.45, 7) is 3.66. The van der Waals surface area contributed by atoms with Crippen molar-refractivity contribution in [1.82, 2.24) is 16.0 Å². The zero-order valence-electron chi connectivity index (χ0n) is 15.4. The van der Waals surface area contributed by atoms with E-state index in [-0.39, 0.29) is 42.2 Å². The number of hydrogen-bond acceptors (Lipinski definition) is 2. The molecule has 0 heterocycles. The Morgan fingerprint density at radius 3 is 2.41 bits per heavy atom. The van der Waals surface area contributed by atoms with Gasteiger partial charge in [0.1, 0.15) is 12.4 Å². The Balaban J connectivity index is 0.00000364. The highest BCUT2D eigenvalue weighted by molar-refractivity contribution is 14.0. The van der Waals surface area contributed by atoms with E-state index in [2.05, 4.69) is 20.9 Å². The number of carbonyl (C=O) groups is 1. The second-order valence-corrected chi connectivity index (χ2v) is 5.73. The van der Waals surface area contributed by atoms with Crippen LogP contribution in [0.2, 0.25) is 0 Å². The Morgan fingerprint density at radius 1 is 1.00 bits per heavy atom. The van der Waals surface area contributed by atoms with Crippen LogP contribution in [0, 0.1) is 5.82 Å². The number of hydrogen-bond donors (Lipinski definition) is 3. The van der Waals surface area contributed by atoms with Crippen LogP contribution in [0.4, 0.5) is 4.39 Å². The molecule has 0 unspecified atom stereocenters. The summed E-state index contributed by atoms with van der Waals surface area (Å²) in [7, 11) is 0. The molecule has 3 N–H and O–H groups in total. The average Bonchev–Trinajstić information content (AvgIpc) is 2.66. The van der Waals surface area contributed by atoms with Gasteiger partial charge in [0, 0.05) is 19.6 Å². The molecule has 0 spiro atoms. The van der Waals surface area contributed by atoms with Gasteiger partial charge >= 0.3 is 0 Å². The second kappa shape index (κ2) is 13.1. The highest BCUT2D eigenvalue weighted by Gasteiger charge is 2.04. The van der Waals surface area contributed by atoms with Crippen molar-refractivity contribution in [2.24, 2.45) is 4.99 Å². The zero-order chi connectivity index (χ0) is 18.6. The Labute approximate surface area is 176 Å². The van der Waals surface area contributed by atoms with Gasteiger partial charge in [0.15, 0.2) is 5.96 Å². The molecule has 0 aliphatic carbocycles. The molecule has 0 aliphatic rings. The molecule has 0 aromatic heterocycles. The third-order valence-corrected chi connectivity index (χ3v) is 3.70. The summed E-state index contributed by atoms with van der Waals surface area (Å²) in [5.41, 5.74) is 1.69. The molecule has 7 heteroatoms. The van der Waals surface area contributed by atoms with Gasteiger partial charge in [-0.2, -0.15) is 0 Å². The molecule has 5 nitrogen and oxygen atoms in total. The maximum Gasteiger partial charge on any atom is 0.242 e. The van der Waals surface area contributed by atoms with Crippen molar-refractivity contribution in [3.8, 4) is 0 Å². The first-order valence-electron chi connectivity index (χ1n) is 8.75. The molecule has 0 radical (unpaired) electrons. The molecule has 1 amide bonds. The lowest BCUT2D eigenvalue weighted by molar-refractivity contribution is -0.119. The van der Waals surface area contributed by atoms with Crippen LogP contribution >= 0.6 is 24.0 Å². The molecule has 2 aromatic carbocycles. The first-order chi connectivity index (χ1) is 12.7. The summed E-state index contributed by atoms with van der Waals surface area (Å²) < 4.78 is 13.6.